The number of sulfonamides is 1. The first-order chi connectivity index (χ1) is 19.0. The maximum atomic E-state index is 13.8. The molecule has 1 heterocycles. The Morgan fingerprint density at radius 2 is 1.77 bits per heavy atom. The van der Waals surface area contributed by atoms with E-state index < -0.39 is 22.2 Å². The minimum absolute atomic E-state index is 0.0332. The molecule has 0 aromatic heterocycles. The molecule has 0 radical (unpaired) electrons. The lowest BCUT2D eigenvalue weighted by molar-refractivity contribution is 0.0830. The number of hydrogen-bond acceptors (Lipinski definition) is 6. The fourth-order valence-electron chi connectivity index (χ4n) is 4.62. The summed E-state index contributed by atoms with van der Waals surface area (Å²) in [4.78, 5) is 14.6. The molecule has 0 saturated heterocycles. The number of benzene rings is 3. The summed E-state index contributed by atoms with van der Waals surface area (Å²) in [6.07, 6.45) is -0.525. The largest absolute Gasteiger partial charge is 0.497 e. The number of carbonyl (C=O) groups excluding carboxylic acids is 1. The van der Waals surface area contributed by atoms with E-state index in [0.29, 0.717) is 11.4 Å². The van der Waals surface area contributed by atoms with Gasteiger partial charge in [0.2, 0.25) is 10.0 Å². The van der Waals surface area contributed by atoms with Crippen LogP contribution in [0.5, 0.6) is 11.5 Å². The molecule has 0 spiro atoms. The number of hydrogen-bond donors (Lipinski definition) is 2. The van der Waals surface area contributed by atoms with Gasteiger partial charge >= 0.3 is 6.03 Å². The van der Waals surface area contributed by atoms with E-state index in [2.05, 4.69) is 5.32 Å². The molecule has 10 heteroatoms. The van der Waals surface area contributed by atoms with Crippen LogP contribution in [0.4, 0.5) is 10.5 Å². The highest BCUT2D eigenvalue weighted by atomic mass is 32.2. The molecule has 40 heavy (non-hydrogen) atoms. The number of fused-ring (bicyclic) bond motifs is 1. The summed E-state index contributed by atoms with van der Waals surface area (Å²) in [5, 5.41) is 12.7. The summed E-state index contributed by atoms with van der Waals surface area (Å²) in [5.74, 6) is 0.605. The lowest BCUT2D eigenvalue weighted by atomic mass is 10.0. The monoisotopic (exact) mass is 567 g/mol. The molecule has 3 atom stereocenters. The van der Waals surface area contributed by atoms with Crippen LogP contribution < -0.4 is 14.8 Å². The number of methoxy groups -OCH3 is 1. The first-order valence-electron chi connectivity index (χ1n) is 13.2. The Morgan fingerprint density at radius 3 is 2.40 bits per heavy atom. The van der Waals surface area contributed by atoms with Crippen molar-refractivity contribution in [1.82, 2.24) is 9.21 Å². The predicted molar refractivity (Wildman–Crippen MR) is 155 cm³/mol. The molecule has 3 aromatic rings. The van der Waals surface area contributed by atoms with Gasteiger partial charge in [-0.25, -0.2) is 13.2 Å². The molecule has 3 aromatic carbocycles. The number of aliphatic hydroxyl groups is 1. The molecule has 9 nitrogen and oxygen atoms in total. The summed E-state index contributed by atoms with van der Waals surface area (Å²) in [6.45, 7) is 5.58. The van der Waals surface area contributed by atoms with Crippen molar-refractivity contribution in [2.75, 3.05) is 39.2 Å². The molecule has 1 aliphatic rings. The van der Waals surface area contributed by atoms with E-state index in [1.807, 2.05) is 38.1 Å². The van der Waals surface area contributed by atoms with Crippen LogP contribution in [-0.2, 0) is 10.0 Å². The Hall–Kier alpha value is -3.60. The smallest absolute Gasteiger partial charge is 0.321 e. The number of amides is 2. The number of anilines is 1. The number of ether oxygens (including phenoxy) is 2. The fraction of sp³-hybridized carbons (Fsp3) is 0.367. The number of nitrogens with one attached hydrogen (secondary N) is 1. The number of rotatable bonds is 7. The fourth-order valence-corrected chi connectivity index (χ4v) is 6.44. The molecule has 0 aliphatic carbocycles. The van der Waals surface area contributed by atoms with E-state index in [1.54, 1.807) is 63.5 Å². The summed E-state index contributed by atoms with van der Waals surface area (Å²) in [5.41, 5.74) is 3.48. The zero-order valence-corrected chi connectivity index (χ0v) is 24.3. The highest BCUT2D eigenvalue weighted by molar-refractivity contribution is 7.89. The summed E-state index contributed by atoms with van der Waals surface area (Å²) < 4.78 is 40.4. The zero-order chi connectivity index (χ0) is 29.0. The first-order valence-corrected chi connectivity index (χ1v) is 14.6. The van der Waals surface area contributed by atoms with Crippen LogP contribution in [0.15, 0.2) is 71.6 Å². The van der Waals surface area contributed by atoms with E-state index in [4.69, 9.17) is 9.47 Å². The number of likely N-dealkylation sites (N-methyl/N-ethyl adjacent to an activating group) is 1. The molecule has 0 saturated carbocycles. The first kappa shape index (κ1) is 29.4. The van der Waals surface area contributed by atoms with Crippen molar-refractivity contribution in [1.29, 1.82) is 0 Å². The minimum Gasteiger partial charge on any atom is -0.497 e. The van der Waals surface area contributed by atoms with Crippen LogP contribution in [0.2, 0.25) is 0 Å². The molecule has 0 unspecified atom stereocenters. The predicted octanol–water partition coefficient (Wildman–Crippen LogP) is 4.60. The standard InChI is InChI=1S/C30H37N3O6S/c1-20-6-8-23(9-7-20)24-10-15-29-27(16-24)39-28(21(2)17-33(22(3)19-34)40(29,36)37)18-32(4)30(35)31-25-11-13-26(38-5)14-12-25/h6-16,21-22,28,34H,17-19H2,1-5H3,(H,31,35)/t21-,22+,28-/m1/s1. The van der Waals surface area contributed by atoms with Crippen molar-refractivity contribution in [2.45, 2.75) is 37.8 Å². The summed E-state index contributed by atoms with van der Waals surface area (Å²) >= 11 is 0. The van der Waals surface area contributed by atoms with Crippen LogP contribution in [0, 0.1) is 12.8 Å². The summed E-state index contributed by atoms with van der Waals surface area (Å²) in [7, 11) is -0.717. The molecule has 2 amide bonds. The Balaban J connectivity index is 1.66. The molecular weight excluding hydrogens is 530 g/mol. The number of urea groups is 1. The maximum absolute atomic E-state index is 13.8. The molecule has 4 rings (SSSR count). The SMILES string of the molecule is COc1ccc(NC(=O)N(C)C[C@H]2Oc3cc(-c4ccc(C)cc4)ccc3S(=O)(=O)N([C@@H](C)CO)C[C@H]2C)cc1. The molecule has 0 fully saturated rings. The van der Waals surface area contributed by atoms with Crippen molar-refractivity contribution < 1.29 is 27.8 Å². The van der Waals surface area contributed by atoms with Crippen LogP contribution >= 0.6 is 0 Å². The van der Waals surface area contributed by atoms with Gasteiger partial charge in [-0.05, 0) is 61.4 Å². The van der Waals surface area contributed by atoms with Gasteiger partial charge in [-0.15, -0.1) is 0 Å². The third-order valence-electron chi connectivity index (χ3n) is 7.19. The van der Waals surface area contributed by atoms with Crippen LogP contribution in [0.3, 0.4) is 0 Å². The third kappa shape index (κ3) is 6.41. The lowest BCUT2D eigenvalue weighted by Gasteiger charge is -2.37. The lowest BCUT2D eigenvalue weighted by Crippen LogP contribution is -2.50. The number of carbonyl (C=O) groups is 1. The van der Waals surface area contributed by atoms with E-state index in [-0.39, 0.29) is 42.3 Å². The van der Waals surface area contributed by atoms with Gasteiger partial charge in [0.05, 0.1) is 20.3 Å². The second-order valence-corrected chi connectivity index (χ2v) is 12.2. The van der Waals surface area contributed by atoms with Gasteiger partial charge in [-0.1, -0.05) is 42.8 Å². The van der Waals surface area contributed by atoms with Crippen molar-refractivity contribution in [2.24, 2.45) is 5.92 Å². The average molecular weight is 568 g/mol. The Morgan fingerprint density at radius 1 is 1.12 bits per heavy atom. The van der Waals surface area contributed by atoms with Crippen molar-refractivity contribution in [3.63, 3.8) is 0 Å². The second-order valence-electron chi connectivity index (χ2n) is 10.3. The third-order valence-corrected chi connectivity index (χ3v) is 9.21. The van der Waals surface area contributed by atoms with E-state index in [0.717, 1.165) is 16.7 Å². The quantitative estimate of drug-likeness (QED) is 0.432. The molecule has 1 aliphatic heterocycles. The maximum Gasteiger partial charge on any atom is 0.321 e. The van der Waals surface area contributed by atoms with Crippen molar-refractivity contribution in [3.8, 4) is 22.6 Å². The van der Waals surface area contributed by atoms with Crippen LogP contribution in [0.1, 0.15) is 19.4 Å². The van der Waals surface area contributed by atoms with Crippen molar-refractivity contribution in [3.05, 3.63) is 72.3 Å². The van der Waals surface area contributed by atoms with Gasteiger partial charge in [-0.3, -0.25) is 0 Å². The number of aliphatic hydroxyl groups excluding tert-OH is 1. The topological polar surface area (TPSA) is 108 Å². The highest BCUT2D eigenvalue weighted by Crippen LogP contribution is 2.36. The Kier molecular flexibility index (Phi) is 9.02. The average Bonchev–Trinajstić information content (AvgIpc) is 2.95. The summed E-state index contributed by atoms with van der Waals surface area (Å²) in [6, 6.07) is 19.1. The molecule has 0 bridgehead atoms. The van der Waals surface area contributed by atoms with Gasteiger partial charge in [0.25, 0.3) is 0 Å². The molecule has 214 valence electrons. The van der Waals surface area contributed by atoms with Gasteiger partial charge in [0.15, 0.2) is 0 Å². The van der Waals surface area contributed by atoms with Crippen molar-refractivity contribution >= 4 is 21.7 Å². The van der Waals surface area contributed by atoms with Gasteiger partial charge < -0.3 is 24.8 Å². The van der Waals surface area contributed by atoms with E-state index >= 15 is 0 Å². The normalized spacial score (nSPS) is 19.4. The highest BCUT2D eigenvalue weighted by Gasteiger charge is 2.38. The van der Waals surface area contributed by atoms with Gasteiger partial charge in [0.1, 0.15) is 22.5 Å². The van der Waals surface area contributed by atoms with Gasteiger partial charge in [0, 0.05) is 31.2 Å². The zero-order valence-electron chi connectivity index (χ0n) is 23.5. The van der Waals surface area contributed by atoms with Crippen LogP contribution in [-0.4, -0.2) is 74.8 Å². The minimum atomic E-state index is -3.96. The van der Waals surface area contributed by atoms with E-state index in [1.165, 1.54) is 9.21 Å². The molecule has 2 N–H and O–H groups in total. The second kappa shape index (κ2) is 12.3. The number of aryl methyl sites for hydroxylation is 1. The van der Waals surface area contributed by atoms with Crippen LogP contribution in [0.25, 0.3) is 11.1 Å². The number of nitrogens with zero attached hydrogens (tertiary/aromatic N) is 2. The molecular formula is C30H37N3O6S. The Bertz CT molecular complexity index is 1430. The van der Waals surface area contributed by atoms with E-state index in [9.17, 15) is 18.3 Å². The van der Waals surface area contributed by atoms with Gasteiger partial charge in [-0.2, -0.15) is 4.31 Å². The Labute approximate surface area is 236 Å².